The molecule has 1 aromatic heterocycles. The normalized spacial score (nSPS) is 28.1. The summed E-state index contributed by atoms with van der Waals surface area (Å²) < 4.78 is 0. The van der Waals surface area contributed by atoms with E-state index in [1.807, 2.05) is 0 Å². The third-order valence-corrected chi connectivity index (χ3v) is 4.55. The molecular formula is C12H18ClNS. The second kappa shape index (κ2) is 5.33. The molecule has 2 atom stereocenters. The zero-order valence-corrected chi connectivity index (χ0v) is 10.7. The van der Waals surface area contributed by atoms with E-state index < -0.39 is 0 Å². The number of hydrogen-bond acceptors (Lipinski definition) is 2. The van der Waals surface area contributed by atoms with Crippen molar-refractivity contribution in [2.75, 3.05) is 19.6 Å². The van der Waals surface area contributed by atoms with Crippen LogP contribution < -0.4 is 0 Å². The highest BCUT2D eigenvalue weighted by molar-refractivity contribution is 7.07. The fraction of sp³-hybridized carbons (Fsp3) is 0.667. The number of piperidine rings is 1. The average Bonchev–Trinajstić information content (AvgIpc) is 2.73. The molecule has 0 spiro atoms. The van der Waals surface area contributed by atoms with Crippen molar-refractivity contribution >= 4 is 22.9 Å². The molecule has 2 heterocycles. The van der Waals surface area contributed by atoms with Gasteiger partial charge in [-0.15, -0.1) is 11.6 Å². The monoisotopic (exact) mass is 243 g/mol. The summed E-state index contributed by atoms with van der Waals surface area (Å²) in [6, 6.07) is 2.22. The molecule has 0 aliphatic carbocycles. The van der Waals surface area contributed by atoms with E-state index in [4.69, 9.17) is 11.6 Å². The van der Waals surface area contributed by atoms with Crippen LogP contribution in [-0.4, -0.2) is 29.9 Å². The lowest BCUT2D eigenvalue weighted by Gasteiger charge is -2.33. The molecule has 2 rings (SSSR count). The Bertz CT molecular complexity index is 286. The smallest absolute Gasteiger partial charge is 0.0489 e. The van der Waals surface area contributed by atoms with Crippen LogP contribution in [0.25, 0.3) is 0 Å². The van der Waals surface area contributed by atoms with Crippen molar-refractivity contribution < 1.29 is 0 Å². The van der Waals surface area contributed by atoms with E-state index >= 15 is 0 Å². The van der Waals surface area contributed by atoms with Gasteiger partial charge < -0.3 is 4.90 Å². The number of halogens is 1. The van der Waals surface area contributed by atoms with Crippen LogP contribution in [0.4, 0.5) is 0 Å². The van der Waals surface area contributed by atoms with Gasteiger partial charge in [0.05, 0.1) is 0 Å². The highest BCUT2D eigenvalue weighted by Crippen LogP contribution is 2.21. The molecule has 1 aromatic rings. The molecule has 0 bridgehead atoms. The van der Waals surface area contributed by atoms with Crippen LogP contribution in [-0.2, 0) is 6.42 Å². The predicted molar refractivity (Wildman–Crippen MR) is 67.9 cm³/mol. The third-order valence-electron chi connectivity index (χ3n) is 3.25. The van der Waals surface area contributed by atoms with Gasteiger partial charge in [-0.1, -0.05) is 6.92 Å². The highest BCUT2D eigenvalue weighted by atomic mass is 35.5. The van der Waals surface area contributed by atoms with E-state index in [2.05, 4.69) is 28.7 Å². The topological polar surface area (TPSA) is 3.24 Å². The Hall–Kier alpha value is -0.0500. The van der Waals surface area contributed by atoms with Gasteiger partial charge in [0.1, 0.15) is 0 Å². The van der Waals surface area contributed by atoms with E-state index in [9.17, 15) is 0 Å². The van der Waals surface area contributed by atoms with Crippen LogP contribution in [0.5, 0.6) is 0 Å². The molecule has 3 heteroatoms. The maximum Gasteiger partial charge on any atom is 0.0489 e. The molecule has 1 fully saturated rings. The molecule has 1 saturated heterocycles. The lowest BCUT2D eigenvalue weighted by molar-refractivity contribution is 0.199. The third kappa shape index (κ3) is 3.20. The molecule has 0 amide bonds. The van der Waals surface area contributed by atoms with Gasteiger partial charge in [0.25, 0.3) is 0 Å². The molecule has 2 unspecified atom stereocenters. The van der Waals surface area contributed by atoms with Crippen molar-refractivity contribution in [3.8, 4) is 0 Å². The van der Waals surface area contributed by atoms with Crippen molar-refractivity contribution in [3.05, 3.63) is 22.4 Å². The minimum Gasteiger partial charge on any atom is -0.302 e. The summed E-state index contributed by atoms with van der Waals surface area (Å²) in [5.74, 6) is 0.684. The van der Waals surface area contributed by atoms with Gasteiger partial charge in [0.15, 0.2) is 0 Å². The van der Waals surface area contributed by atoms with Gasteiger partial charge in [0, 0.05) is 18.5 Å². The molecule has 1 nitrogen and oxygen atoms in total. The molecule has 0 N–H and O–H groups in total. The Labute approximate surface area is 101 Å². The second-order valence-corrected chi connectivity index (χ2v) is 5.80. The number of likely N-dealkylation sites (tertiary alicyclic amines) is 1. The summed E-state index contributed by atoms with van der Waals surface area (Å²) >= 11 is 8.07. The van der Waals surface area contributed by atoms with Crippen LogP contribution in [0.1, 0.15) is 18.9 Å². The van der Waals surface area contributed by atoms with E-state index in [-0.39, 0.29) is 0 Å². The van der Waals surface area contributed by atoms with Crippen molar-refractivity contribution in [1.82, 2.24) is 4.90 Å². The summed E-state index contributed by atoms with van der Waals surface area (Å²) in [7, 11) is 0. The number of alkyl halides is 1. The van der Waals surface area contributed by atoms with Gasteiger partial charge in [0.2, 0.25) is 0 Å². The van der Waals surface area contributed by atoms with Crippen molar-refractivity contribution in [3.63, 3.8) is 0 Å². The van der Waals surface area contributed by atoms with Gasteiger partial charge >= 0.3 is 0 Å². The number of hydrogen-bond donors (Lipinski definition) is 0. The van der Waals surface area contributed by atoms with Crippen molar-refractivity contribution in [1.29, 1.82) is 0 Å². The highest BCUT2D eigenvalue weighted by Gasteiger charge is 2.23. The zero-order chi connectivity index (χ0) is 10.7. The predicted octanol–water partition coefficient (Wildman–Crippen LogP) is 3.24. The Balaban J connectivity index is 1.76. The molecule has 0 radical (unpaired) electrons. The zero-order valence-electron chi connectivity index (χ0n) is 9.16. The Morgan fingerprint density at radius 1 is 1.60 bits per heavy atom. The first-order valence-electron chi connectivity index (χ1n) is 5.63. The molecule has 1 aliphatic rings. The maximum absolute atomic E-state index is 6.28. The number of nitrogens with zero attached hydrogens (tertiary/aromatic N) is 1. The standard InChI is InChI=1S/C12H18ClNS/c1-10-2-5-14(8-12(10)13)6-3-11-4-7-15-9-11/h4,7,9-10,12H,2-3,5-6,8H2,1H3. The van der Waals surface area contributed by atoms with Gasteiger partial charge in [-0.05, 0) is 47.7 Å². The fourth-order valence-corrected chi connectivity index (χ4v) is 3.03. The number of rotatable bonds is 3. The molecule has 1 aliphatic heterocycles. The lowest BCUT2D eigenvalue weighted by atomic mass is 9.98. The van der Waals surface area contributed by atoms with Crippen LogP contribution in [0.15, 0.2) is 16.8 Å². The van der Waals surface area contributed by atoms with Gasteiger partial charge in [-0.2, -0.15) is 11.3 Å². The van der Waals surface area contributed by atoms with E-state index in [1.54, 1.807) is 11.3 Å². The SMILES string of the molecule is CC1CCN(CCc2ccsc2)CC1Cl. The Kier molecular flexibility index (Phi) is 4.06. The first-order chi connectivity index (χ1) is 7.25. The fourth-order valence-electron chi connectivity index (χ4n) is 2.01. The molecule has 15 heavy (non-hydrogen) atoms. The summed E-state index contributed by atoms with van der Waals surface area (Å²) in [6.45, 7) is 5.70. The summed E-state index contributed by atoms with van der Waals surface area (Å²) in [6.07, 6.45) is 2.42. The quantitative estimate of drug-likeness (QED) is 0.737. The van der Waals surface area contributed by atoms with E-state index in [0.717, 1.165) is 13.1 Å². The maximum atomic E-state index is 6.28. The Morgan fingerprint density at radius 2 is 2.47 bits per heavy atom. The van der Waals surface area contributed by atoms with E-state index in [0.29, 0.717) is 11.3 Å². The van der Waals surface area contributed by atoms with Crippen LogP contribution in [0.3, 0.4) is 0 Å². The first-order valence-corrected chi connectivity index (χ1v) is 7.01. The summed E-state index contributed by atoms with van der Waals surface area (Å²) in [4.78, 5) is 2.50. The van der Waals surface area contributed by atoms with Gasteiger partial charge in [-0.3, -0.25) is 0 Å². The summed E-state index contributed by atoms with van der Waals surface area (Å²) in [5, 5.41) is 4.74. The minimum atomic E-state index is 0.348. The number of thiophene rings is 1. The molecule has 84 valence electrons. The van der Waals surface area contributed by atoms with Crippen LogP contribution in [0.2, 0.25) is 0 Å². The lowest BCUT2D eigenvalue weighted by Crippen LogP contribution is -2.41. The van der Waals surface area contributed by atoms with Crippen molar-refractivity contribution in [2.45, 2.75) is 25.1 Å². The average molecular weight is 244 g/mol. The van der Waals surface area contributed by atoms with Crippen LogP contribution in [0, 0.1) is 5.92 Å². The molecule has 0 saturated carbocycles. The second-order valence-electron chi connectivity index (χ2n) is 4.46. The Morgan fingerprint density at radius 3 is 3.13 bits per heavy atom. The van der Waals surface area contributed by atoms with Crippen molar-refractivity contribution in [2.24, 2.45) is 5.92 Å². The van der Waals surface area contributed by atoms with Gasteiger partial charge in [-0.25, -0.2) is 0 Å². The van der Waals surface area contributed by atoms with Crippen LogP contribution >= 0.6 is 22.9 Å². The first kappa shape index (κ1) is 11.4. The van der Waals surface area contributed by atoms with E-state index in [1.165, 1.54) is 24.9 Å². The minimum absolute atomic E-state index is 0.348. The largest absolute Gasteiger partial charge is 0.302 e. The molecule has 0 aromatic carbocycles. The summed E-state index contributed by atoms with van der Waals surface area (Å²) in [5.41, 5.74) is 1.46. The molecular weight excluding hydrogens is 226 g/mol.